The van der Waals surface area contributed by atoms with Gasteiger partial charge in [-0.2, -0.15) is 0 Å². The molecule has 0 heterocycles. The number of hydrogen-bond donors (Lipinski definition) is 1. The third kappa shape index (κ3) is 4.43. The van der Waals surface area contributed by atoms with Crippen molar-refractivity contribution in [2.45, 2.75) is 39.5 Å². The van der Waals surface area contributed by atoms with E-state index in [1.54, 1.807) is 7.11 Å². The van der Waals surface area contributed by atoms with Crippen molar-refractivity contribution in [3.63, 3.8) is 0 Å². The highest BCUT2D eigenvalue weighted by molar-refractivity contribution is 5.69. The number of carboxylic acid groups (broad SMARTS) is 1. The van der Waals surface area contributed by atoms with Gasteiger partial charge in [0.1, 0.15) is 5.75 Å². The quantitative estimate of drug-likeness (QED) is 0.840. The van der Waals surface area contributed by atoms with Crippen LogP contribution in [0.15, 0.2) is 24.3 Å². The number of benzene rings is 1. The summed E-state index contributed by atoms with van der Waals surface area (Å²) >= 11 is 0. The van der Waals surface area contributed by atoms with Crippen LogP contribution in [0.1, 0.15) is 50.7 Å². The molecule has 0 saturated heterocycles. The number of rotatable bonds is 6. The first kappa shape index (κ1) is 15.3. The molecule has 104 valence electrons. The Morgan fingerprint density at radius 1 is 1.42 bits per heavy atom. The zero-order valence-corrected chi connectivity index (χ0v) is 12.1. The Hall–Kier alpha value is -1.77. The third-order valence-electron chi connectivity index (χ3n) is 3.12. The maximum atomic E-state index is 10.5. The molecule has 0 saturated carbocycles. The topological polar surface area (TPSA) is 46.5 Å². The van der Waals surface area contributed by atoms with Crippen LogP contribution in [-0.4, -0.2) is 18.2 Å². The molecule has 0 aromatic heterocycles. The molecule has 19 heavy (non-hydrogen) atoms. The number of aliphatic carboxylic acids is 1. The standard InChI is InChI=1S/C16H22O3/c1-11(2)14-10-13(8-9-15(14)19-4)12(3)6-5-7-16(17)18/h6,8-11H,5,7H2,1-4H3,(H,17,18)/b12-6+. The molecule has 0 spiro atoms. The lowest BCUT2D eigenvalue weighted by Gasteiger charge is -2.14. The second kappa shape index (κ2) is 6.98. The van der Waals surface area contributed by atoms with E-state index >= 15 is 0 Å². The molecule has 1 N–H and O–H groups in total. The molecule has 0 aliphatic carbocycles. The second-order valence-electron chi connectivity index (χ2n) is 4.93. The van der Waals surface area contributed by atoms with E-state index in [1.807, 2.05) is 25.1 Å². The first-order chi connectivity index (χ1) is 8.95. The molecule has 0 bridgehead atoms. The van der Waals surface area contributed by atoms with Crippen LogP contribution >= 0.6 is 0 Å². The summed E-state index contributed by atoms with van der Waals surface area (Å²) in [5, 5.41) is 8.64. The Kier molecular flexibility index (Phi) is 5.61. The summed E-state index contributed by atoms with van der Waals surface area (Å²) in [6, 6.07) is 6.10. The van der Waals surface area contributed by atoms with Crippen LogP contribution in [0.5, 0.6) is 5.75 Å². The van der Waals surface area contributed by atoms with Gasteiger partial charge in [-0.15, -0.1) is 0 Å². The minimum atomic E-state index is -0.762. The van der Waals surface area contributed by atoms with Crippen molar-refractivity contribution < 1.29 is 14.6 Å². The van der Waals surface area contributed by atoms with E-state index in [1.165, 1.54) is 5.56 Å². The zero-order chi connectivity index (χ0) is 14.4. The van der Waals surface area contributed by atoms with Gasteiger partial charge in [0.15, 0.2) is 0 Å². The van der Waals surface area contributed by atoms with Crippen LogP contribution in [0, 0.1) is 0 Å². The molecule has 0 unspecified atom stereocenters. The van der Waals surface area contributed by atoms with Gasteiger partial charge in [-0.3, -0.25) is 4.79 Å². The number of ether oxygens (including phenoxy) is 1. The van der Waals surface area contributed by atoms with E-state index in [9.17, 15) is 4.79 Å². The molecule has 0 aliphatic heterocycles. The van der Waals surface area contributed by atoms with E-state index < -0.39 is 5.97 Å². The molecule has 0 fully saturated rings. The van der Waals surface area contributed by atoms with Crippen molar-refractivity contribution in [3.8, 4) is 5.75 Å². The first-order valence-electron chi connectivity index (χ1n) is 6.52. The monoisotopic (exact) mass is 262 g/mol. The fourth-order valence-electron chi connectivity index (χ4n) is 1.96. The molecule has 3 nitrogen and oxygen atoms in total. The minimum absolute atomic E-state index is 0.171. The summed E-state index contributed by atoms with van der Waals surface area (Å²) in [5.74, 6) is 0.528. The fraction of sp³-hybridized carbons (Fsp3) is 0.438. The lowest BCUT2D eigenvalue weighted by atomic mass is 9.96. The summed E-state index contributed by atoms with van der Waals surface area (Å²) in [5.41, 5.74) is 3.40. The summed E-state index contributed by atoms with van der Waals surface area (Å²) in [6.07, 6.45) is 2.70. The highest BCUT2D eigenvalue weighted by Gasteiger charge is 2.09. The predicted molar refractivity (Wildman–Crippen MR) is 77.6 cm³/mol. The van der Waals surface area contributed by atoms with Crippen molar-refractivity contribution >= 4 is 11.5 Å². The van der Waals surface area contributed by atoms with Crippen LogP contribution in [0.2, 0.25) is 0 Å². The molecule has 0 radical (unpaired) electrons. The molecule has 0 aliphatic rings. The van der Waals surface area contributed by atoms with Crippen molar-refractivity contribution in [3.05, 3.63) is 35.4 Å². The van der Waals surface area contributed by atoms with Gasteiger partial charge in [-0.25, -0.2) is 0 Å². The van der Waals surface area contributed by atoms with Crippen LogP contribution in [0.3, 0.4) is 0 Å². The largest absolute Gasteiger partial charge is 0.496 e. The predicted octanol–water partition coefficient (Wildman–Crippen LogP) is 4.09. The lowest BCUT2D eigenvalue weighted by Crippen LogP contribution is -1.96. The van der Waals surface area contributed by atoms with E-state index in [0.29, 0.717) is 12.3 Å². The molecule has 0 atom stereocenters. The van der Waals surface area contributed by atoms with Gasteiger partial charge >= 0.3 is 5.97 Å². The number of methoxy groups -OCH3 is 1. The SMILES string of the molecule is COc1ccc(/C(C)=C/CCC(=O)O)cc1C(C)C. The van der Waals surface area contributed by atoms with Gasteiger partial charge in [0, 0.05) is 6.42 Å². The van der Waals surface area contributed by atoms with Crippen molar-refractivity contribution in [2.24, 2.45) is 0 Å². The number of carboxylic acids is 1. The van der Waals surface area contributed by atoms with Crippen molar-refractivity contribution in [1.82, 2.24) is 0 Å². The molecule has 3 heteroatoms. The summed E-state index contributed by atoms with van der Waals surface area (Å²) in [7, 11) is 1.68. The van der Waals surface area contributed by atoms with E-state index in [2.05, 4.69) is 19.9 Å². The van der Waals surface area contributed by atoms with E-state index in [0.717, 1.165) is 16.9 Å². The Morgan fingerprint density at radius 3 is 2.63 bits per heavy atom. The van der Waals surface area contributed by atoms with Crippen LogP contribution in [-0.2, 0) is 4.79 Å². The fourth-order valence-corrected chi connectivity index (χ4v) is 1.96. The van der Waals surface area contributed by atoms with E-state index in [-0.39, 0.29) is 6.42 Å². The summed E-state index contributed by atoms with van der Waals surface area (Å²) in [6.45, 7) is 6.27. The maximum absolute atomic E-state index is 10.5. The summed E-state index contributed by atoms with van der Waals surface area (Å²) in [4.78, 5) is 10.5. The lowest BCUT2D eigenvalue weighted by molar-refractivity contribution is -0.136. The highest BCUT2D eigenvalue weighted by atomic mass is 16.5. The van der Waals surface area contributed by atoms with Crippen molar-refractivity contribution in [2.75, 3.05) is 7.11 Å². The van der Waals surface area contributed by atoms with Crippen LogP contribution in [0.4, 0.5) is 0 Å². The normalized spacial score (nSPS) is 11.7. The molecular formula is C16H22O3. The Balaban J connectivity index is 2.94. The second-order valence-corrected chi connectivity index (χ2v) is 4.93. The molecular weight excluding hydrogens is 240 g/mol. The van der Waals surface area contributed by atoms with Gasteiger partial charge in [-0.05, 0) is 48.1 Å². The maximum Gasteiger partial charge on any atom is 0.303 e. The Labute approximate surface area is 114 Å². The van der Waals surface area contributed by atoms with Crippen molar-refractivity contribution in [1.29, 1.82) is 0 Å². The van der Waals surface area contributed by atoms with Gasteiger partial charge in [0.2, 0.25) is 0 Å². The average molecular weight is 262 g/mol. The first-order valence-corrected chi connectivity index (χ1v) is 6.52. The van der Waals surface area contributed by atoms with Crippen LogP contribution in [0.25, 0.3) is 5.57 Å². The molecule has 1 aromatic rings. The minimum Gasteiger partial charge on any atom is -0.496 e. The van der Waals surface area contributed by atoms with Gasteiger partial charge in [-0.1, -0.05) is 26.0 Å². The van der Waals surface area contributed by atoms with Gasteiger partial charge in [0.05, 0.1) is 7.11 Å². The molecule has 0 amide bonds. The molecule has 1 rings (SSSR count). The van der Waals surface area contributed by atoms with Crippen LogP contribution < -0.4 is 4.74 Å². The van der Waals surface area contributed by atoms with E-state index in [4.69, 9.17) is 9.84 Å². The zero-order valence-electron chi connectivity index (χ0n) is 12.1. The number of carbonyl (C=O) groups is 1. The average Bonchev–Trinajstić information content (AvgIpc) is 2.37. The Bertz CT molecular complexity index is 473. The van der Waals surface area contributed by atoms with Gasteiger partial charge in [0.25, 0.3) is 0 Å². The molecule has 1 aromatic carbocycles. The highest BCUT2D eigenvalue weighted by Crippen LogP contribution is 2.29. The van der Waals surface area contributed by atoms with Gasteiger partial charge < -0.3 is 9.84 Å². The number of hydrogen-bond acceptors (Lipinski definition) is 2. The third-order valence-corrected chi connectivity index (χ3v) is 3.12. The smallest absolute Gasteiger partial charge is 0.303 e. The summed E-state index contributed by atoms with van der Waals surface area (Å²) < 4.78 is 5.36. The number of allylic oxidation sites excluding steroid dienone is 2. The Morgan fingerprint density at radius 2 is 2.11 bits per heavy atom.